The lowest BCUT2D eigenvalue weighted by molar-refractivity contribution is -0.137. The van der Waals surface area contributed by atoms with E-state index in [1.807, 2.05) is 14.1 Å². The summed E-state index contributed by atoms with van der Waals surface area (Å²) >= 11 is 0. The average Bonchev–Trinajstić information content (AvgIpc) is 2.45. The fourth-order valence-corrected chi connectivity index (χ4v) is 1.67. The molecule has 2 rings (SSSR count). The van der Waals surface area contributed by atoms with E-state index in [-0.39, 0.29) is 0 Å². The Morgan fingerprint density at radius 2 is 1.76 bits per heavy atom. The number of hydrogen-bond acceptors (Lipinski definition) is 4. The van der Waals surface area contributed by atoms with Crippen LogP contribution < -0.4 is 10.2 Å². The first-order valence-corrected chi connectivity index (χ1v) is 6.26. The number of nitrogens with zero attached hydrogens (tertiary/aromatic N) is 3. The van der Waals surface area contributed by atoms with Crippen molar-refractivity contribution in [1.82, 2.24) is 9.97 Å². The molecule has 0 saturated carbocycles. The quantitative estimate of drug-likeness (QED) is 0.941. The van der Waals surface area contributed by atoms with Gasteiger partial charge in [0.05, 0.1) is 5.56 Å². The number of aromatic nitrogens is 2. The fourth-order valence-electron chi connectivity index (χ4n) is 1.67. The maximum absolute atomic E-state index is 12.5. The second-order valence-corrected chi connectivity index (χ2v) is 4.68. The van der Waals surface area contributed by atoms with Gasteiger partial charge >= 0.3 is 6.18 Å². The Balaban J connectivity index is 2.01. The summed E-state index contributed by atoms with van der Waals surface area (Å²) in [5, 5.41) is 3.06. The SMILES string of the molecule is CN(C)c1nccc(NCc2ccc(C(F)(F)F)cc2)n1. The highest BCUT2D eigenvalue weighted by atomic mass is 19.4. The van der Waals surface area contributed by atoms with Gasteiger partial charge in [0.15, 0.2) is 0 Å². The summed E-state index contributed by atoms with van der Waals surface area (Å²) in [7, 11) is 3.66. The topological polar surface area (TPSA) is 41.1 Å². The van der Waals surface area contributed by atoms with E-state index in [2.05, 4.69) is 15.3 Å². The Morgan fingerprint density at radius 1 is 1.10 bits per heavy atom. The molecule has 112 valence electrons. The third kappa shape index (κ3) is 4.08. The van der Waals surface area contributed by atoms with Crippen LogP contribution in [0, 0.1) is 0 Å². The Hall–Kier alpha value is -2.31. The maximum Gasteiger partial charge on any atom is 0.416 e. The van der Waals surface area contributed by atoms with Gasteiger partial charge in [-0.15, -0.1) is 0 Å². The summed E-state index contributed by atoms with van der Waals surface area (Å²) in [6, 6.07) is 6.75. The molecule has 0 amide bonds. The largest absolute Gasteiger partial charge is 0.416 e. The summed E-state index contributed by atoms with van der Waals surface area (Å²) in [4.78, 5) is 10.1. The van der Waals surface area contributed by atoms with Crippen LogP contribution in [0.15, 0.2) is 36.5 Å². The monoisotopic (exact) mass is 296 g/mol. The van der Waals surface area contributed by atoms with Gasteiger partial charge in [-0.3, -0.25) is 0 Å². The van der Waals surface area contributed by atoms with Crippen LogP contribution in [0.5, 0.6) is 0 Å². The van der Waals surface area contributed by atoms with Crippen LogP contribution in [0.25, 0.3) is 0 Å². The summed E-state index contributed by atoms with van der Waals surface area (Å²) < 4.78 is 37.4. The van der Waals surface area contributed by atoms with E-state index < -0.39 is 11.7 Å². The lowest BCUT2D eigenvalue weighted by Gasteiger charge is -2.12. The molecule has 0 aliphatic heterocycles. The summed E-state index contributed by atoms with van der Waals surface area (Å²) in [6.45, 7) is 0.391. The number of anilines is 2. The van der Waals surface area contributed by atoms with Crippen LogP contribution in [0.3, 0.4) is 0 Å². The minimum absolute atomic E-state index is 0.391. The lowest BCUT2D eigenvalue weighted by Crippen LogP contribution is -2.13. The number of rotatable bonds is 4. The van der Waals surface area contributed by atoms with E-state index in [0.717, 1.165) is 17.7 Å². The molecule has 0 bridgehead atoms. The number of benzene rings is 1. The minimum Gasteiger partial charge on any atom is -0.366 e. The van der Waals surface area contributed by atoms with Gasteiger partial charge < -0.3 is 10.2 Å². The van der Waals surface area contributed by atoms with Crippen molar-refractivity contribution in [2.75, 3.05) is 24.3 Å². The van der Waals surface area contributed by atoms with Crippen molar-refractivity contribution in [3.63, 3.8) is 0 Å². The van der Waals surface area contributed by atoms with Crippen LogP contribution in [0.2, 0.25) is 0 Å². The molecular weight excluding hydrogens is 281 g/mol. The van der Waals surface area contributed by atoms with Gasteiger partial charge in [-0.05, 0) is 23.8 Å². The molecule has 0 unspecified atom stereocenters. The van der Waals surface area contributed by atoms with Crippen LogP contribution in [-0.2, 0) is 12.7 Å². The zero-order valence-electron chi connectivity index (χ0n) is 11.6. The summed E-state index contributed by atoms with van der Waals surface area (Å²) in [6.07, 6.45) is -2.68. The molecule has 7 heteroatoms. The number of alkyl halides is 3. The molecule has 21 heavy (non-hydrogen) atoms. The molecule has 0 atom stereocenters. The first-order valence-electron chi connectivity index (χ1n) is 6.26. The van der Waals surface area contributed by atoms with Gasteiger partial charge in [0.25, 0.3) is 0 Å². The van der Waals surface area contributed by atoms with Crippen LogP contribution >= 0.6 is 0 Å². The second-order valence-electron chi connectivity index (χ2n) is 4.68. The normalized spacial score (nSPS) is 11.3. The van der Waals surface area contributed by atoms with Gasteiger partial charge in [0, 0.05) is 26.8 Å². The van der Waals surface area contributed by atoms with Crippen molar-refractivity contribution >= 4 is 11.8 Å². The van der Waals surface area contributed by atoms with E-state index >= 15 is 0 Å². The highest BCUT2D eigenvalue weighted by Gasteiger charge is 2.29. The van der Waals surface area contributed by atoms with Crippen molar-refractivity contribution in [3.8, 4) is 0 Å². The molecular formula is C14H15F3N4. The van der Waals surface area contributed by atoms with Gasteiger partial charge in [-0.2, -0.15) is 18.2 Å². The first kappa shape index (κ1) is 15.1. The summed E-state index contributed by atoms with van der Waals surface area (Å²) in [5.41, 5.74) is 0.0937. The van der Waals surface area contributed by atoms with Crippen molar-refractivity contribution in [1.29, 1.82) is 0 Å². The second kappa shape index (κ2) is 5.99. The Bertz CT molecular complexity index is 594. The van der Waals surface area contributed by atoms with Crippen molar-refractivity contribution in [2.24, 2.45) is 0 Å². The molecule has 2 aromatic rings. The van der Waals surface area contributed by atoms with Crippen molar-refractivity contribution < 1.29 is 13.2 Å². The molecule has 4 nitrogen and oxygen atoms in total. The van der Waals surface area contributed by atoms with Crippen LogP contribution in [-0.4, -0.2) is 24.1 Å². The molecule has 0 aliphatic carbocycles. The van der Waals surface area contributed by atoms with Crippen molar-refractivity contribution in [3.05, 3.63) is 47.7 Å². The van der Waals surface area contributed by atoms with Gasteiger partial charge in [-0.1, -0.05) is 12.1 Å². The number of hydrogen-bond donors (Lipinski definition) is 1. The third-order valence-electron chi connectivity index (χ3n) is 2.80. The van der Waals surface area contributed by atoms with Crippen LogP contribution in [0.4, 0.5) is 24.9 Å². The molecule has 0 fully saturated rings. The summed E-state index contributed by atoms with van der Waals surface area (Å²) in [5.74, 6) is 1.18. The zero-order chi connectivity index (χ0) is 15.5. The molecule has 0 saturated heterocycles. The minimum atomic E-state index is -4.31. The van der Waals surface area contributed by atoms with Gasteiger partial charge in [-0.25, -0.2) is 4.98 Å². The Labute approximate surface area is 120 Å². The smallest absolute Gasteiger partial charge is 0.366 e. The van der Waals surface area contributed by atoms with E-state index in [1.165, 1.54) is 12.1 Å². The molecule has 1 aromatic heterocycles. The van der Waals surface area contributed by atoms with E-state index in [1.54, 1.807) is 17.2 Å². The third-order valence-corrected chi connectivity index (χ3v) is 2.80. The average molecular weight is 296 g/mol. The van der Waals surface area contributed by atoms with Gasteiger partial charge in [0.2, 0.25) is 5.95 Å². The van der Waals surface area contributed by atoms with E-state index in [0.29, 0.717) is 18.3 Å². The predicted octanol–water partition coefficient (Wildman–Crippen LogP) is 3.17. The molecule has 0 spiro atoms. The highest BCUT2D eigenvalue weighted by molar-refractivity contribution is 5.41. The lowest BCUT2D eigenvalue weighted by atomic mass is 10.1. The molecule has 0 radical (unpaired) electrons. The van der Waals surface area contributed by atoms with Crippen molar-refractivity contribution in [2.45, 2.75) is 12.7 Å². The molecule has 1 heterocycles. The zero-order valence-corrected chi connectivity index (χ0v) is 11.6. The maximum atomic E-state index is 12.5. The van der Waals surface area contributed by atoms with Crippen LogP contribution in [0.1, 0.15) is 11.1 Å². The molecule has 0 aliphatic rings. The molecule has 1 aromatic carbocycles. The highest BCUT2D eigenvalue weighted by Crippen LogP contribution is 2.29. The van der Waals surface area contributed by atoms with E-state index in [9.17, 15) is 13.2 Å². The Kier molecular flexibility index (Phi) is 4.30. The standard InChI is InChI=1S/C14H15F3N4/c1-21(2)13-18-8-7-12(20-13)19-9-10-3-5-11(6-4-10)14(15,16)17/h3-8H,9H2,1-2H3,(H,18,19,20). The number of nitrogens with one attached hydrogen (secondary N) is 1. The molecule has 1 N–H and O–H groups in total. The fraction of sp³-hybridized carbons (Fsp3) is 0.286. The predicted molar refractivity (Wildman–Crippen MR) is 75.1 cm³/mol. The number of halogens is 3. The first-order chi connectivity index (χ1) is 9.86. The van der Waals surface area contributed by atoms with Gasteiger partial charge in [0.1, 0.15) is 5.82 Å². The Morgan fingerprint density at radius 3 is 2.33 bits per heavy atom. The van der Waals surface area contributed by atoms with E-state index in [4.69, 9.17) is 0 Å².